The fraction of sp³-hybridized carbons (Fsp3) is 0.400. The molecule has 0 aliphatic carbocycles. The Hall–Kier alpha value is -2.44. The van der Waals surface area contributed by atoms with E-state index in [1.807, 2.05) is 6.92 Å². The van der Waals surface area contributed by atoms with E-state index >= 15 is 0 Å². The number of hydrogen-bond donors (Lipinski definition) is 1. The molecule has 116 valence electrons. The molecule has 2 aliphatic rings. The van der Waals surface area contributed by atoms with Crippen LogP contribution < -0.4 is 10.6 Å². The summed E-state index contributed by atoms with van der Waals surface area (Å²) in [5.41, 5.74) is 4.63. The summed E-state index contributed by atoms with van der Waals surface area (Å²) in [4.78, 5) is 38.7. The first-order valence-corrected chi connectivity index (χ1v) is 7.02. The Labute approximate surface area is 126 Å². The number of hydrogen-bond acceptors (Lipinski definition) is 3. The van der Waals surface area contributed by atoms with Gasteiger partial charge in [-0.1, -0.05) is 6.92 Å². The third kappa shape index (κ3) is 1.88. The molecule has 2 unspecified atom stereocenters. The van der Waals surface area contributed by atoms with Crippen LogP contribution in [0.4, 0.5) is 10.1 Å². The van der Waals surface area contributed by atoms with Crippen molar-refractivity contribution in [3.8, 4) is 0 Å². The first-order chi connectivity index (χ1) is 10.4. The maximum atomic E-state index is 13.1. The molecule has 0 saturated carbocycles. The quantitative estimate of drug-likeness (QED) is 0.813. The largest absolute Gasteiger partial charge is 0.368 e. The lowest BCUT2D eigenvalue weighted by Gasteiger charge is -2.52. The van der Waals surface area contributed by atoms with Crippen LogP contribution in [-0.2, 0) is 14.4 Å². The van der Waals surface area contributed by atoms with Crippen LogP contribution in [0, 0.1) is 11.7 Å². The molecule has 0 radical (unpaired) electrons. The minimum Gasteiger partial charge on any atom is -0.368 e. The molecule has 2 N–H and O–H groups in total. The summed E-state index contributed by atoms with van der Waals surface area (Å²) in [6.45, 7) is 1.94. The van der Waals surface area contributed by atoms with E-state index in [2.05, 4.69) is 0 Å². The monoisotopic (exact) mass is 305 g/mol. The van der Waals surface area contributed by atoms with Crippen molar-refractivity contribution in [2.24, 2.45) is 11.7 Å². The number of anilines is 1. The van der Waals surface area contributed by atoms with E-state index in [9.17, 15) is 18.8 Å². The highest BCUT2D eigenvalue weighted by Gasteiger charge is 2.64. The summed E-state index contributed by atoms with van der Waals surface area (Å²) in [5.74, 6) is -1.64. The summed E-state index contributed by atoms with van der Waals surface area (Å²) in [5, 5.41) is 0. The Bertz CT molecular complexity index is 661. The molecule has 2 saturated heterocycles. The first kappa shape index (κ1) is 14.5. The maximum Gasteiger partial charge on any atom is 0.251 e. The van der Waals surface area contributed by atoms with Crippen LogP contribution in [0.5, 0.6) is 0 Å². The van der Waals surface area contributed by atoms with Gasteiger partial charge in [-0.05, 0) is 30.2 Å². The van der Waals surface area contributed by atoms with Crippen LogP contribution >= 0.6 is 0 Å². The predicted octanol–water partition coefficient (Wildman–Crippen LogP) is 0.265. The van der Waals surface area contributed by atoms with Crippen LogP contribution in [0.1, 0.15) is 13.3 Å². The molecule has 6 nitrogen and oxygen atoms in total. The molecule has 1 aromatic carbocycles. The van der Waals surface area contributed by atoms with E-state index in [0.717, 1.165) is 0 Å². The van der Waals surface area contributed by atoms with E-state index in [0.29, 0.717) is 5.69 Å². The van der Waals surface area contributed by atoms with Gasteiger partial charge in [0.2, 0.25) is 11.8 Å². The fourth-order valence-corrected chi connectivity index (χ4v) is 3.39. The SMILES string of the molecule is CC1CC(=O)N(c2ccc(F)cc2)C12CN(CC(N)=O)C2=O. The van der Waals surface area contributed by atoms with E-state index in [4.69, 9.17) is 5.73 Å². The van der Waals surface area contributed by atoms with Crippen molar-refractivity contribution in [2.75, 3.05) is 18.0 Å². The third-order valence-corrected chi connectivity index (χ3v) is 4.47. The van der Waals surface area contributed by atoms with Crippen molar-refractivity contribution in [2.45, 2.75) is 18.9 Å². The molecule has 2 fully saturated rings. The highest BCUT2D eigenvalue weighted by atomic mass is 19.1. The zero-order valence-corrected chi connectivity index (χ0v) is 12.1. The van der Waals surface area contributed by atoms with Crippen LogP contribution in [0.15, 0.2) is 24.3 Å². The number of carbonyl (C=O) groups is 3. The van der Waals surface area contributed by atoms with Gasteiger partial charge in [-0.2, -0.15) is 0 Å². The van der Waals surface area contributed by atoms with Gasteiger partial charge in [-0.3, -0.25) is 19.3 Å². The average molecular weight is 305 g/mol. The topological polar surface area (TPSA) is 83.7 Å². The molecule has 3 rings (SSSR count). The Morgan fingerprint density at radius 1 is 1.36 bits per heavy atom. The van der Waals surface area contributed by atoms with Gasteiger partial charge >= 0.3 is 0 Å². The van der Waals surface area contributed by atoms with Gasteiger partial charge in [0.25, 0.3) is 5.91 Å². The lowest BCUT2D eigenvalue weighted by Crippen LogP contribution is -2.75. The molecule has 22 heavy (non-hydrogen) atoms. The van der Waals surface area contributed by atoms with Gasteiger partial charge in [0.1, 0.15) is 11.4 Å². The molecule has 2 heterocycles. The fourth-order valence-electron chi connectivity index (χ4n) is 3.39. The number of nitrogens with zero attached hydrogens (tertiary/aromatic N) is 2. The van der Waals surface area contributed by atoms with Gasteiger partial charge in [0.15, 0.2) is 0 Å². The number of nitrogens with two attached hydrogens (primary N) is 1. The highest BCUT2D eigenvalue weighted by molar-refractivity contribution is 6.11. The van der Waals surface area contributed by atoms with Gasteiger partial charge in [-0.25, -0.2) is 4.39 Å². The van der Waals surface area contributed by atoms with Gasteiger partial charge in [0.05, 0.1) is 13.1 Å². The summed E-state index contributed by atoms with van der Waals surface area (Å²) < 4.78 is 13.1. The standard InChI is InChI=1S/C15H16FN3O3/c1-9-6-13(21)19(11-4-2-10(16)3-5-11)15(9)8-18(14(15)22)7-12(17)20/h2-5,9H,6-8H2,1H3,(H2,17,20). The normalized spacial score (nSPS) is 27.5. The Morgan fingerprint density at radius 2 is 2.00 bits per heavy atom. The number of halogens is 1. The van der Waals surface area contributed by atoms with Crippen LogP contribution in [0.2, 0.25) is 0 Å². The lowest BCUT2D eigenvalue weighted by atomic mass is 9.77. The summed E-state index contributed by atoms with van der Waals surface area (Å²) in [7, 11) is 0. The maximum absolute atomic E-state index is 13.1. The number of amides is 3. The number of primary amides is 1. The molecule has 2 aliphatic heterocycles. The molecular weight excluding hydrogens is 289 g/mol. The zero-order chi connectivity index (χ0) is 16.1. The van der Waals surface area contributed by atoms with Crippen LogP contribution in [-0.4, -0.2) is 41.2 Å². The van der Waals surface area contributed by atoms with Crippen molar-refractivity contribution in [3.05, 3.63) is 30.1 Å². The smallest absolute Gasteiger partial charge is 0.251 e. The second-order valence-corrected chi connectivity index (χ2v) is 5.86. The van der Waals surface area contributed by atoms with Gasteiger partial charge in [0, 0.05) is 12.1 Å². The third-order valence-electron chi connectivity index (χ3n) is 4.47. The molecule has 1 aromatic rings. The molecule has 0 aromatic heterocycles. The van der Waals surface area contributed by atoms with Crippen molar-refractivity contribution in [1.29, 1.82) is 0 Å². The van der Waals surface area contributed by atoms with E-state index in [1.54, 1.807) is 0 Å². The van der Waals surface area contributed by atoms with Gasteiger partial charge < -0.3 is 10.6 Å². The zero-order valence-electron chi connectivity index (χ0n) is 12.1. The van der Waals surface area contributed by atoms with Crippen molar-refractivity contribution >= 4 is 23.4 Å². The number of rotatable bonds is 3. The van der Waals surface area contributed by atoms with E-state index < -0.39 is 17.3 Å². The molecule has 3 amide bonds. The predicted molar refractivity (Wildman–Crippen MR) is 76.2 cm³/mol. The average Bonchev–Trinajstić information content (AvgIpc) is 2.72. The number of benzene rings is 1. The summed E-state index contributed by atoms with van der Waals surface area (Å²) in [6.07, 6.45) is 0.244. The minimum atomic E-state index is -0.982. The second-order valence-electron chi connectivity index (χ2n) is 5.86. The molecule has 2 atom stereocenters. The molecule has 7 heteroatoms. The Kier molecular flexibility index (Phi) is 3.16. The Balaban J connectivity index is 1.95. The Morgan fingerprint density at radius 3 is 2.55 bits per heavy atom. The minimum absolute atomic E-state index is 0.154. The van der Waals surface area contributed by atoms with Gasteiger partial charge in [-0.15, -0.1) is 0 Å². The van der Waals surface area contributed by atoms with Crippen LogP contribution in [0.25, 0.3) is 0 Å². The number of likely N-dealkylation sites (tertiary alicyclic amines) is 1. The summed E-state index contributed by atoms with van der Waals surface area (Å²) in [6, 6.07) is 5.47. The highest BCUT2D eigenvalue weighted by Crippen LogP contribution is 2.45. The first-order valence-electron chi connectivity index (χ1n) is 7.02. The molecular formula is C15H16FN3O3. The number of carbonyl (C=O) groups excluding carboxylic acids is 3. The van der Waals surface area contributed by atoms with Crippen molar-refractivity contribution in [3.63, 3.8) is 0 Å². The number of β-lactam (4-membered cyclic amide) rings is 1. The van der Waals surface area contributed by atoms with Crippen molar-refractivity contribution < 1.29 is 18.8 Å². The van der Waals surface area contributed by atoms with Crippen molar-refractivity contribution in [1.82, 2.24) is 4.90 Å². The molecule has 0 bridgehead atoms. The second kappa shape index (κ2) is 4.79. The lowest BCUT2D eigenvalue weighted by molar-refractivity contribution is -0.155. The van der Waals surface area contributed by atoms with E-state index in [1.165, 1.54) is 34.1 Å². The molecule has 1 spiro atoms. The summed E-state index contributed by atoms with van der Waals surface area (Å²) >= 11 is 0. The van der Waals surface area contributed by atoms with Crippen LogP contribution in [0.3, 0.4) is 0 Å². The van der Waals surface area contributed by atoms with E-state index in [-0.39, 0.29) is 37.2 Å².